The number of imidazole rings is 1. The van der Waals surface area contributed by atoms with E-state index in [1.165, 1.54) is 0 Å². The molecule has 2 aromatic rings. The molecule has 0 saturated carbocycles. The molecule has 1 atom stereocenters. The van der Waals surface area contributed by atoms with Crippen LogP contribution in [0.15, 0.2) is 36.7 Å². The molecule has 102 valence electrons. The van der Waals surface area contributed by atoms with Gasteiger partial charge in [0.1, 0.15) is 11.6 Å². The van der Waals surface area contributed by atoms with Crippen molar-refractivity contribution in [3.8, 4) is 5.75 Å². The van der Waals surface area contributed by atoms with Crippen molar-refractivity contribution in [1.82, 2.24) is 14.9 Å². The van der Waals surface area contributed by atoms with Gasteiger partial charge in [0.15, 0.2) is 0 Å². The van der Waals surface area contributed by atoms with E-state index in [4.69, 9.17) is 4.74 Å². The average molecular weight is 259 g/mol. The molecule has 1 heterocycles. The molecule has 2 rings (SSSR count). The highest BCUT2D eigenvalue weighted by Crippen LogP contribution is 2.24. The topological polar surface area (TPSA) is 39.1 Å². The molecule has 0 saturated heterocycles. The Balaban J connectivity index is 2.34. The quantitative estimate of drug-likeness (QED) is 0.866. The fraction of sp³-hybridized carbons (Fsp3) is 0.400. The minimum atomic E-state index is 0.0790. The van der Waals surface area contributed by atoms with Crippen molar-refractivity contribution < 1.29 is 4.74 Å². The number of ether oxygens (including phenoxy) is 1. The highest BCUT2D eigenvalue weighted by molar-refractivity contribution is 5.33. The fourth-order valence-electron chi connectivity index (χ4n) is 2.24. The van der Waals surface area contributed by atoms with Gasteiger partial charge in [-0.15, -0.1) is 0 Å². The molecule has 0 bridgehead atoms. The van der Waals surface area contributed by atoms with E-state index < -0.39 is 0 Å². The van der Waals surface area contributed by atoms with Gasteiger partial charge in [-0.25, -0.2) is 4.98 Å². The summed E-state index contributed by atoms with van der Waals surface area (Å²) >= 11 is 0. The van der Waals surface area contributed by atoms with Crippen molar-refractivity contribution in [3.05, 3.63) is 48.0 Å². The molecule has 1 aromatic heterocycles. The van der Waals surface area contributed by atoms with E-state index in [2.05, 4.69) is 33.9 Å². The van der Waals surface area contributed by atoms with Crippen LogP contribution in [-0.2, 0) is 6.54 Å². The summed E-state index contributed by atoms with van der Waals surface area (Å²) in [6.45, 7) is 5.70. The van der Waals surface area contributed by atoms with Gasteiger partial charge in [-0.2, -0.15) is 0 Å². The Labute approximate surface area is 114 Å². The maximum atomic E-state index is 5.56. The predicted octanol–water partition coefficient (Wildman–Crippen LogP) is 2.61. The van der Waals surface area contributed by atoms with Gasteiger partial charge < -0.3 is 14.6 Å². The summed E-state index contributed by atoms with van der Waals surface area (Å²) in [5, 5.41) is 3.33. The Bertz CT molecular complexity index is 522. The van der Waals surface area contributed by atoms with E-state index in [-0.39, 0.29) is 6.04 Å². The Hall–Kier alpha value is -1.81. The zero-order chi connectivity index (χ0) is 13.7. The van der Waals surface area contributed by atoms with Crippen LogP contribution < -0.4 is 10.1 Å². The minimum absolute atomic E-state index is 0.0790. The molecule has 0 aliphatic heterocycles. The second-order valence-corrected chi connectivity index (χ2v) is 4.30. The molecule has 4 heteroatoms. The van der Waals surface area contributed by atoms with Gasteiger partial charge in [-0.05, 0) is 38.6 Å². The monoisotopic (exact) mass is 259 g/mol. The lowest BCUT2D eigenvalue weighted by Gasteiger charge is -2.18. The lowest BCUT2D eigenvalue weighted by atomic mass is 10.1. The number of aryl methyl sites for hydroxylation is 1. The van der Waals surface area contributed by atoms with Crippen LogP contribution in [0.5, 0.6) is 5.75 Å². The molecule has 1 unspecified atom stereocenters. The summed E-state index contributed by atoms with van der Waals surface area (Å²) in [4.78, 5) is 4.47. The number of nitrogens with zero attached hydrogens (tertiary/aromatic N) is 2. The normalized spacial score (nSPS) is 12.4. The van der Waals surface area contributed by atoms with Crippen molar-refractivity contribution in [2.24, 2.45) is 0 Å². The van der Waals surface area contributed by atoms with Gasteiger partial charge in [-0.1, -0.05) is 12.1 Å². The molecular weight excluding hydrogens is 238 g/mol. The second-order valence-electron chi connectivity index (χ2n) is 4.30. The highest BCUT2D eigenvalue weighted by Gasteiger charge is 2.17. The first-order valence-corrected chi connectivity index (χ1v) is 6.71. The van der Waals surface area contributed by atoms with E-state index in [1.54, 1.807) is 0 Å². The third-order valence-electron chi connectivity index (χ3n) is 3.14. The third kappa shape index (κ3) is 2.96. The van der Waals surface area contributed by atoms with Crippen molar-refractivity contribution in [2.45, 2.75) is 26.4 Å². The van der Waals surface area contributed by atoms with Gasteiger partial charge in [0.25, 0.3) is 0 Å². The van der Waals surface area contributed by atoms with Crippen LogP contribution in [0.4, 0.5) is 0 Å². The molecule has 4 nitrogen and oxygen atoms in total. The van der Waals surface area contributed by atoms with Crippen LogP contribution in [0.25, 0.3) is 0 Å². The van der Waals surface area contributed by atoms with Crippen molar-refractivity contribution in [1.29, 1.82) is 0 Å². The van der Waals surface area contributed by atoms with Gasteiger partial charge in [0, 0.05) is 18.9 Å². The number of nitrogens with one attached hydrogen (secondary N) is 1. The Kier molecular flexibility index (Phi) is 4.58. The summed E-state index contributed by atoms with van der Waals surface area (Å²) in [5.74, 6) is 1.92. The standard InChI is InChI=1S/C15H21N3O/c1-4-18-10-9-17-15(18)14(16-3)12-7-6-8-13(11-12)19-5-2/h6-11,14,16H,4-5H2,1-3H3. The van der Waals surface area contributed by atoms with Crippen LogP contribution in [0.3, 0.4) is 0 Å². The van der Waals surface area contributed by atoms with E-state index in [9.17, 15) is 0 Å². The molecule has 0 aliphatic rings. The number of hydrogen-bond acceptors (Lipinski definition) is 3. The third-order valence-corrected chi connectivity index (χ3v) is 3.14. The number of benzene rings is 1. The average Bonchev–Trinajstić information content (AvgIpc) is 2.89. The van der Waals surface area contributed by atoms with Gasteiger partial charge in [0.2, 0.25) is 0 Å². The van der Waals surface area contributed by atoms with E-state index in [1.807, 2.05) is 38.5 Å². The first-order valence-electron chi connectivity index (χ1n) is 6.71. The Morgan fingerprint density at radius 2 is 2.21 bits per heavy atom. The summed E-state index contributed by atoms with van der Waals surface area (Å²) in [5.41, 5.74) is 1.16. The van der Waals surface area contributed by atoms with Crippen molar-refractivity contribution in [3.63, 3.8) is 0 Å². The van der Waals surface area contributed by atoms with E-state index >= 15 is 0 Å². The summed E-state index contributed by atoms with van der Waals surface area (Å²) in [6.07, 6.45) is 3.85. The molecule has 0 fully saturated rings. The minimum Gasteiger partial charge on any atom is -0.494 e. The summed E-state index contributed by atoms with van der Waals surface area (Å²) in [7, 11) is 1.95. The lowest BCUT2D eigenvalue weighted by molar-refractivity contribution is 0.339. The number of rotatable bonds is 6. The fourth-order valence-corrected chi connectivity index (χ4v) is 2.24. The van der Waals surface area contributed by atoms with E-state index in [0.717, 1.165) is 23.7 Å². The van der Waals surface area contributed by atoms with Crippen LogP contribution in [-0.4, -0.2) is 23.2 Å². The first kappa shape index (κ1) is 13.6. The highest BCUT2D eigenvalue weighted by atomic mass is 16.5. The molecule has 0 spiro atoms. The second kappa shape index (κ2) is 6.38. The number of hydrogen-bond donors (Lipinski definition) is 1. The molecular formula is C15H21N3O. The van der Waals surface area contributed by atoms with Gasteiger partial charge in [0.05, 0.1) is 12.6 Å². The Morgan fingerprint density at radius 3 is 2.89 bits per heavy atom. The molecule has 0 radical (unpaired) electrons. The van der Waals surface area contributed by atoms with Crippen LogP contribution in [0.2, 0.25) is 0 Å². The maximum Gasteiger partial charge on any atom is 0.130 e. The molecule has 0 amide bonds. The van der Waals surface area contributed by atoms with Crippen LogP contribution >= 0.6 is 0 Å². The Morgan fingerprint density at radius 1 is 1.37 bits per heavy atom. The molecule has 19 heavy (non-hydrogen) atoms. The van der Waals surface area contributed by atoms with Gasteiger partial charge >= 0.3 is 0 Å². The molecule has 0 aliphatic carbocycles. The van der Waals surface area contributed by atoms with E-state index in [0.29, 0.717) is 6.61 Å². The van der Waals surface area contributed by atoms with Crippen LogP contribution in [0.1, 0.15) is 31.3 Å². The van der Waals surface area contributed by atoms with Crippen molar-refractivity contribution >= 4 is 0 Å². The molecule has 1 N–H and O–H groups in total. The van der Waals surface area contributed by atoms with Crippen LogP contribution in [0, 0.1) is 0 Å². The molecule has 1 aromatic carbocycles. The largest absolute Gasteiger partial charge is 0.494 e. The van der Waals surface area contributed by atoms with Crippen molar-refractivity contribution in [2.75, 3.05) is 13.7 Å². The smallest absolute Gasteiger partial charge is 0.130 e. The predicted molar refractivity (Wildman–Crippen MR) is 76.4 cm³/mol. The zero-order valence-corrected chi connectivity index (χ0v) is 11.8. The lowest BCUT2D eigenvalue weighted by Crippen LogP contribution is -2.21. The first-order chi connectivity index (χ1) is 9.30. The van der Waals surface area contributed by atoms with Gasteiger partial charge in [-0.3, -0.25) is 0 Å². The SMILES string of the molecule is CCOc1cccc(C(NC)c2nccn2CC)c1. The summed E-state index contributed by atoms with van der Waals surface area (Å²) < 4.78 is 7.71. The zero-order valence-electron chi connectivity index (χ0n) is 11.8. The number of aromatic nitrogens is 2. The maximum absolute atomic E-state index is 5.56. The summed E-state index contributed by atoms with van der Waals surface area (Å²) in [6, 6.07) is 8.24.